The predicted octanol–water partition coefficient (Wildman–Crippen LogP) is 8.45. The van der Waals surface area contributed by atoms with E-state index in [9.17, 15) is 0 Å². The van der Waals surface area contributed by atoms with Gasteiger partial charge in [0.15, 0.2) is 0 Å². The van der Waals surface area contributed by atoms with Crippen LogP contribution in [0.5, 0.6) is 0 Å². The van der Waals surface area contributed by atoms with Crippen LogP contribution in [0.2, 0.25) is 37.3 Å². The lowest BCUT2D eigenvalue weighted by Gasteiger charge is -2.50. The lowest BCUT2D eigenvalue weighted by Crippen LogP contribution is -2.61. The maximum atomic E-state index is 2.90. The first kappa shape index (κ1) is 20.7. The summed E-state index contributed by atoms with van der Waals surface area (Å²) in [6.45, 7) is 13.9. The first-order valence-electron chi connectivity index (χ1n) is 12.8. The van der Waals surface area contributed by atoms with Crippen molar-refractivity contribution in [3.8, 4) is 0 Å². The van der Waals surface area contributed by atoms with Crippen LogP contribution < -0.4 is 0 Å². The number of fused-ring (bicyclic) bond motifs is 2. The highest BCUT2D eigenvalue weighted by atomic mass is 29.3. The average Bonchev–Trinajstić information content (AvgIpc) is 3.36. The Labute approximate surface area is 172 Å². The van der Waals surface area contributed by atoms with Gasteiger partial charge >= 0.3 is 0 Å². The van der Waals surface area contributed by atoms with Crippen LogP contribution in [0.4, 0.5) is 0 Å². The van der Waals surface area contributed by atoms with E-state index in [2.05, 4.69) is 33.1 Å². The van der Waals surface area contributed by atoms with Gasteiger partial charge < -0.3 is 0 Å². The van der Waals surface area contributed by atoms with Gasteiger partial charge in [0, 0.05) is 15.2 Å². The smallest absolute Gasteiger partial charge is 0.0448 e. The van der Waals surface area contributed by atoms with Gasteiger partial charge in [0.05, 0.1) is 0 Å². The fourth-order valence-corrected chi connectivity index (χ4v) is 22.7. The fraction of sp³-hybridized carbons (Fsp3) is 1.00. The fourth-order valence-electron chi connectivity index (χ4n) is 8.66. The molecule has 27 heavy (non-hydrogen) atoms. The SMILES string of the molecule is CCCCC1CCC([Si](C)(C)[Si](C)(C)C2CCC3CC4CCCC4CC32)C1. The number of hydrogen-bond acceptors (Lipinski definition) is 0. The van der Waals surface area contributed by atoms with Crippen LogP contribution in [-0.4, -0.2) is 15.2 Å². The van der Waals surface area contributed by atoms with Crippen LogP contribution in [0.15, 0.2) is 0 Å². The molecule has 0 N–H and O–H groups in total. The van der Waals surface area contributed by atoms with Gasteiger partial charge in [-0.1, -0.05) is 104 Å². The Balaban J connectivity index is 1.45. The average molecular weight is 405 g/mol. The Morgan fingerprint density at radius 1 is 0.704 bits per heavy atom. The Hall–Kier alpha value is 0.434. The molecule has 4 saturated carbocycles. The Bertz CT molecular complexity index is 510. The van der Waals surface area contributed by atoms with Gasteiger partial charge in [-0.2, -0.15) is 0 Å². The van der Waals surface area contributed by atoms with E-state index in [1.54, 1.807) is 64.2 Å². The van der Waals surface area contributed by atoms with Crippen molar-refractivity contribution in [1.29, 1.82) is 0 Å². The second kappa shape index (κ2) is 7.93. The van der Waals surface area contributed by atoms with Crippen LogP contribution in [0.25, 0.3) is 0 Å². The lowest BCUT2D eigenvalue weighted by molar-refractivity contribution is 0.156. The highest BCUT2D eigenvalue weighted by molar-refractivity contribution is 7.41. The molecular weight excluding hydrogens is 356 g/mol. The van der Waals surface area contributed by atoms with Crippen LogP contribution >= 0.6 is 0 Å². The van der Waals surface area contributed by atoms with Crippen molar-refractivity contribution in [3.63, 3.8) is 0 Å². The molecule has 0 saturated heterocycles. The largest absolute Gasteiger partial charge is 0.0711 e. The summed E-state index contributed by atoms with van der Waals surface area (Å²) in [5.74, 6) is 5.69. The molecule has 0 radical (unpaired) electrons. The van der Waals surface area contributed by atoms with E-state index in [0.29, 0.717) is 0 Å². The summed E-state index contributed by atoms with van der Waals surface area (Å²) >= 11 is 0. The van der Waals surface area contributed by atoms with Crippen molar-refractivity contribution in [2.24, 2.45) is 29.6 Å². The standard InChI is InChI=1S/C25H48Si2/c1-6-7-9-19-12-14-23(16-19)26(2,3)27(4,5)25-15-13-22-17-20-10-8-11-21(20)18-24(22)25/h19-25H,6-18H2,1-5H3. The molecule has 0 heterocycles. The van der Waals surface area contributed by atoms with Gasteiger partial charge in [0.2, 0.25) is 0 Å². The summed E-state index contributed by atoms with van der Waals surface area (Å²) < 4.78 is 0. The molecule has 4 fully saturated rings. The van der Waals surface area contributed by atoms with Gasteiger partial charge in [-0.25, -0.2) is 0 Å². The molecular formula is C25H48Si2. The second-order valence-corrected chi connectivity index (χ2v) is 28.7. The molecule has 0 aromatic carbocycles. The van der Waals surface area contributed by atoms with E-state index in [0.717, 1.165) is 29.6 Å². The minimum Gasteiger partial charge on any atom is -0.0711 e. The third-order valence-corrected chi connectivity index (χ3v) is 31.8. The van der Waals surface area contributed by atoms with Gasteiger partial charge in [-0.05, 0) is 53.5 Å². The van der Waals surface area contributed by atoms with E-state index in [-0.39, 0.29) is 0 Å². The number of rotatable bonds is 6. The van der Waals surface area contributed by atoms with Gasteiger partial charge in [-0.3, -0.25) is 0 Å². The molecule has 0 aliphatic heterocycles. The third kappa shape index (κ3) is 3.69. The summed E-state index contributed by atoms with van der Waals surface area (Å²) in [4.78, 5) is 0. The minimum absolute atomic E-state index is 1.09. The Kier molecular flexibility index (Phi) is 6.08. The van der Waals surface area contributed by atoms with Gasteiger partial charge in [0.25, 0.3) is 0 Å². The van der Waals surface area contributed by atoms with Crippen molar-refractivity contribution in [3.05, 3.63) is 0 Å². The third-order valence-electron chi connectivity index (χ3n) is 11.1. The molecule has 0 nitrogen and oxygen atoms in total. The van der Waals surface area contributed by atoms with E-state index < -0.39 is 15.2 Å². The number of unbranched alkanes of at least 4 members (excludes halogenated alkanes) is 1. The maximum absolute atomic E-state index is 2.90. The number of hydrogen-bond donors (Lipinski definition) is 0. The van der Waals surface area contributed by atoms with Crippen LogP contribution in [-0.2, 0) is 0 Å². The van der Waals surface area contributed by atoms with Crippen molar-refractivity contribution in [2.45, 2.75) is 128 Å². The quantitative estimate of drug-likeness (QED) is 0.389. The van der Waals surface area contributed by atoms with E-state index in [1.807, 2.05) is 0 Å². The first-order chi connectivity index (χ1) is 12.8. The normalized spacial score (nSPS) is 42.3. The molecule has 7 unspecified atom stereocenters. The van der Waals surface area contributed by atoms with Crippen molar-refractivity contribution < 1.29 is 0 Å². The molecule has 0 spiro atoms. The van der Waals surface area contributed by atoms with E-state index in [4.69, 9.17) is 0 Å². The van der Waals surface area contributed by atoms with Gasteiger partial charge in [0.1, 0.15) is 0 Å². The monoisotopic (exact) mass is 404 g/mol. The van der Waals surface area contributed by atoms with Gasteiger partial charge in [-0.15, -0.1) is 0 Å². The molecule has 156 valence electrons. The highest BCUT2D eigenvalue weighted by Gasteiger charge is 2.57. The molecule has 4 aliphatic carbocycles. The zero-order valence-corrected chi connectivity index (χ0v) is 21.2. The second-order valence-electron chi connectivity index (χ2n) is 12.5. The van der Waals surface area contributed by atoms with E-state index in [1.165, 1.54) is 30.3 Å². The van der Waals surface area contributed by atoms with Crippen LogP contribution in [0, 0.1) is 29.6 Å². The molecule has 4 aliphatic rings. The predicted molar refractivity (Wildman–Crippen MR) is 126 cm³/mol. The summed E-state index contributed by atoms with van der Waals surface area (Å²) in [5.41, 5.74) is 2.36. The zero-order chi connectivity index (χ0) is 19.2. The molecule has 2 heteroatoms. The summed E-state index contributed by atoms with van der Waals surface area (Å²) in [5, 5.41) is 0. The molecule has 0 amide bonds. The minimum atomic E-state index is -1.14. The van der Waals surface area contributed by atoms with Crippen molar-refractivity contribution >= 4 is 15.2 Å². The van der Waals surface area contributed by atoms with Crippen molar-refractivity contribution in [2.75, 3.05) is 0 Å². The topological polar surface area (TPSA) is 0 Å². The Morgan fingerprint density at radius 3 is 2.19 bits per heavy atom. The molecule has 0 aromatic rings. The summed E-state index contributed by atoms with van der Waals surface area (Å²) in [7, 11) is -2.25. The highest BCUT2D eigenvalue weighted by Crippen LogP contribution is 2.61. The molecule has 0 bridgehead atoms. The Morgan fingerprint density at radius 2 is 1.44 bits per heavy atom. The zero-order valence-electron chi connectivity index (χ0n) is 19.2. The first-order valence-corrected chi connectivity index (χ1v) is 20.0. The molecule has 7 atom stereocenters. The maximum Gasteiger partial charge on any atom is 0.0448 e. The van der Waals surface area contributed by atoms with Crippen molar-refractivity contribution in [1.82, 2.24) is 0 Å². The van der Waals surface area contributed by atoms with E-state index >= 15 is 0 Å². The summed E-state index contributed by atoms with van der Waals surface area (Å²) in [6.07, 6.45) is 20.5. The lowest BCUT2D eigenvalue weighted by atomic mass is 9.71. The molecule has 0 aromatic heterocycles. The molecule has 4 rings (SSSR count). The van der Waals surface area contributed by atoms with Crippen LogP contribution in [0.1, 0.15) is 90.4 Å². The van der Waals surface area contributed by atoms with Crippen LogP contribution in [0.3, 0.4) is 0 Å². The summed E-state index contributed by atoms with van der Waals surface area (Å²) in [6, 6.07) is 0.